The summed E-state index contributed by atoms with van der Waals surface area (Å²) in [5.74, 6) is 0.473. The molecule has 0 fully saturated rings. The highest BCUT2D eigenvalue weighted by Crippen LogP contribution is 2.30. The fourth-order valence-corrected chi connectivity index (χ4v) is 3.57. The van der Waals surface area contributed by atoms with Gasteiger partial charge in [-0.05, 0) is 54.1 Å². The molecule has 34 heavy (non-hydrogen) atoms. The summed E-state index contributed by atoms with van der Waals surface area (Å²) < 4.78 is 11.3. The average Bonchev–Trinajstić information content (AvgIpc) is 2.87. The molecule has 1 heterocycles. The van der Waals surface area contributed by atoms with Crippen LogP contribution in [-0.2, 0) is 11.4 Å². The summed E-state index contributed by atoms with van der Waals surface area (Å²) in [6, 6.07) is 23.7. The molecule has 1 amide bonds. The first-order valence-electron chi connectivity index (χ1n) is 10.4. The molecule has 1 aromatic heterocycles. The van der Waals surface area contributed by atoms with Crippen molar-refractivity contribution in [3.05, 3.63) is 101 Å². The number of hydrogen-bond donors (Lipinski definition) is 1. The lowest BCUT2D eigenvalue weighted by atomic mass is 10.1. The third-order valence-electron chi connectivity index (χ3n) is 5.10. The highest BCUT2D eigenvalue weighted by Gasteiger charge is 2.13. The van der Waals surface area contributed by atoms with Gasteiger partial charge in [-0.3, -0.25) is 9.78 Å². The predicted molar refractivity (Wildman–Crippen MR) is 133 cm³/mol. The van der Waals surface area contributed by atoms with Gasteiger partial charge in [0.2, 0.25) is 0 Å². The Bertz CT molecular complexity index is 1420. The molecule has 0 aliphatic rings. The van der Waals surface area contributed by atoms with Gasteiger partial charge in [-0.15, -0.1) is 0 Å². The number of nitriles is 1. The van der Waals surface area contributed by atoms with E-state index in [1.165, 1.54) is 13.2 Å². The van der Waals surface area contributed by atoms with Gasteiger partial charge < -0.3 is 14.8 Å². The molecule has 3 aromatic carbocycles. The number of pyridine rings is 1. The Kier molecular flexibility index (Phi) is 7.07. The molecule has 0 spiro atoms. The third kappa shape index (κ3) is 5.17. The number of rotatable bonds is 7. The minimum Gasteiger partial charge on any atom is -0.493 e. The first kappa shape index (κ1) is 22.8. The van der Waals surface area contributed by atoms with Crippen molar-refractivity contribution in [1.29, 1.82) is 5.26 Å². The van der Waals surface area contributed by atoms with Crippen LogP contribution in [0.25, 0.3) is 17.0 Å². The van der Waals surface area contributed by atoms with Gasteiger partial charge in [-0.2, -0.15) is 5.26 Å². The number of carbonyl (C=O) groups is 1. The number of hydrogen-bond acceptors (Lipinski definition) is 5. The van der Waals surface area contributed by atoms with Crippen LogP contribution in [0.2, 0.25) is 5.02 Å². The lowest BCUT2D eigenvalue weighted by Crippen LogP contribution is -2.13. The lowest BCUT2D eigenvalue weighted by Gasteiger charge is -2.12. The van der Waals surface area contributed by atoms with Crippen LogP contribution in [-0.4, -0.2) is 18.0 Å². The second-order valence-corrected chi connectivity index (χ2v) is 7.70. The van der Waals surface area contributed by atoms with Crippen LogP contribution in [0.3, 0.4) is 0 Å². The van der Waals surface area contributed by atoms with Crippen LogP contribution < -0.4 is 14.8 Å². The Morgan fingerprint density at radius 3 is 2.74 bits per heavy atom. The third-order valence-corrected chi connectivity index (χ3v) is 5.47. The number of aromatic nitrogens is 1. The van der Waals surface area contributed by atoms with E-state index in [2.05, 4.69) is 10.3 Å². The fourth-order valence-electron chi connectivity index (χ4n) is 3.38. The second-order valence-electron chi connectivity index (χ2n) is 7.29. The van der Waals surface area contributed by atoms with Crippen molar-refractivity contribution in [3.8, 4) is 17.6 Å². The normalized spacial score (nSPS) is 11.0. The van der Waals surface area contributed by atoms with E-state index >= 15 is 0 Å². The van der Waals surface area contributed by atoms with Gasteiger partial charge in [0.05, 0.1) is 18.3 Å². The summed E-state index contributed by atoms with van der Waals surface area (Å²) in [4.78, 5) is 17.1. The summed E-state index contributed by atoms with van der Waals surface area (Å²) in [7, 11) is 1.53. The number of fused-ring (bicyclic) bond motifs is 1. The van der Waals surface area contributed by atoms with E-state index in [4.69, 9.17) is 21.1 Å². The standard InChI is InChI=1S/C27H20ClN3O3/c1-33-26-15-18(11-12-25(26)34-17-19-6-2-3-8-22(19)28)14-20(16-29)27(32)31-24-10-4-9-23-21(24)7-5-13-30-23/h2-15H,17H2,1H3,(H,31,32). The van der Waals surface area contributed by atoms with Crippen molar-refractivity contribution >= 4 is 40.2 Å². The van der Waals surface area contributed by atoms with Gasteiger partial charge in [0.15, 0.2) is 11.5 Å². The molecular formula is C27H20ClN3O3. The number of ether oxygens (including phenoxy) is 2. The number of carbonyl (C=O) groups excluding carboxylic acids is 1. The molecule has 0 aliphatic carbocycles. The van der Waals surface area contributed by atoms with Crippen LogP contribution in [0.15, 0.2) is 84.6 Å². The molecule has 0 unspecified atom stereocenters. The van der Waals surface area contributed by atoms with E-state index in [-0.39, 0.29) is 12.2 Å². The van der Waals surface area contributed by atoms with Crippen LogP contribution in [0.1, 0.15) is 11.1 Å². The molecule has 0 saturated heterocycles. The monoisotopic (exact) mass is 469 g/mol. The Morgan fingerprint density at radius 2 is 1.94 bits per heavy atom. The molecule has 0 radical (unpaired) electrons. The second kappa shape index (κ2) is 10.5. The quantitative estimate of drug-likeness (QED) is 0.264. The molecule has 0 saturated carbocycles. The van der Waals surface area contributed by atoms with Gasteiger partial charge in [-0.1, -0.05) is 41.9 Å². The van der Waals surface area contributed by atoms with E-state index in [9.17, 15) is 10.1 Å². The first-order chi connectivity index (χ1) is 16.6. The van der Waals surface area contributed by atoms with E-state index < -0.39 is 5.91 Å². The van der Waals surface area contributed by atoms with Gasteiger partial charge in [-0.25, -0.2) is 0 Å². The summed E-state index contributed by atoms with van der Waals surface area (Å²) in [5, 5.41) is 13.8. The number of amides is 1. The maximum absolute atomic E-state index is 12.8. The average molecular weight is 470 g/mol. The maximum Gasteiger partial charge on any atom is 0.266 e. The number of nitrogens with zero attached hydrogens (tertiary/aromatic N) is 2. The van der Waals surface area contributed by atoms with E-state index in [1.54, 1.807) is 48.7 Å². The van der Waals surface area contributed by atoms with Crippen molar-refractivity contribution < 1.29 is 14.3 Å². The zero-order chi connectivity index (χ0) is 23.9. The summed E-state index contributed by atoms with van der Waals surface area (Å²) in [6.07, 6.45) is 3.18. The number of methoxy groups -OCH3 is 1. The van der Waals surface area contributed by atoms with Gasteiger partial charge in [0.25, 0.3) is 5.91 Å². The minimum atomic E-state index is -0.517. The van der Waals surface area contributed by atoms with Crippen LogP contribution in [0.5, 0.6) is 11.5 Å². The number of nitrogens with one attached hydrogen (secondary N) is 1. The molecule has 1 N–H and O–H groups in total. The Hall–Kier alpha value is -4.34. The summed E-state index contributed by atoms with van der Waals surface area (Å²) in [5.41, 5.74) is 2.75. The first-order valence-corrected chi connectivity index (χ1v) is 10.8. The topological polar surface area (TPSA) is 84.2 Å². The van der Waals surface area contributed by atoms with Crippen LogP contribution in [0, 0.1) is 11.3 Å². The fraction of sp³-hybridized carbons (Fsp3) is 0.0741. The van der Waals surface area contributed by atoms with Gasteiger partial charge in [0.1, 0.15) is 18.2 Å². The Labute approximate surface area is 202 Å². The van der Waals surface area contributed by atoms with Gasteiger partial charge >= 0.3 is 0 Å². The van der Waals surface area contributed by atoms with Gasteiger partial charge in [0, 0.05) is 22.2 Å². The number of benzene rings is 3. The highest BCUT2D eigenvalue weighted by molar-refractivity contribution is 6.31. The minimum absolute atomic E-state index is 0.0484. The smallest absolute Gasteiger partial charge is 0.266 e. The SMILES string of the molecule is COc1cc(C=C(C#N)C(=O)Nc2cccc3ncccc23)ccc1OCc1ccccc1Cl. The molecule has 7 heteroatoms. The molecule has 0 aliphatic heterocycles. The molecule has 4 aromatic rings. The summed E-state index contributed by atoms with van der Waals surface area (Å²) in [6.45, 7) is 0.275. The predicted octanol–water partition coefficient (Wildman–Crippen LogP) is 6.02. The van der Waals surface area contributed by atoms with E-state index in [0.717, 1.165) is 16.5 Å². The summed E-state index contributed by atoms with van der Waals surface area (Å²) >= 11 is 6.19. The molecule has 168 valence electrons. The zero-order valence-electron chi connectivity index (χ0n) is 18.3. The van der Waals surface area contributed by atoms with Crippen molar-refractivity contribution in [1.82, 2.24) is 4.98 Å². The van der Waals surface area contributed by atoms with Crippen LogP contribution in [0.4, 0.5) is 5.69 Å². The zero-order valence-corrected chi connectivity index (χ0v) is 19.0. The Morgan fingerprint density at radius 1 is 1.09 bits per heavy atom. The molecular weight excluding hydrogens is 450 g/mol. The largest absolute Gasteiger partial charge is 0.493 e. The highest BCUT2D eigenvalue weighted by atomic mass is 35.5. The Balaban J connectivity index is 1.53. The molecule has 0 bridgehead atoms. The lowest BCUT2D eigenvalue weighted by molar-refractivity contribution is -0.112. The van der Waals surface area contributed by atoms with Crippen molar-refractivity contribution in [2.24, 2.45) is 0 Å². The van der Waals surface area contributed by atoms with Crippen molar-refractivity contribution in [3.63, 3.8) is 0 Å². The number of halogens is 1. The van der Waals surface area contributed by atoms with Crippen LogP contribution >= 0.6 is 11.6 Å². The molecule has 0 atom stereocenters. The van der Waals surface area contributed by atoms with Crippen molar-refractivity contribution in [2.45, 2.75) is 6.61 Å². The van der Waals surface area contributed by atoms with Crippen molar-refractivity contribution in [2.75, 3.05) is 12.4 Å². The van der Waals surface area contributed by atoms with E-state index in [1.807, 2.05) is 36.4 Å². The molecule has 6 nitrogen and oxygen atoms in total. The molecule has 4 rings (SSSR count). The number of anilines is 1. The van der Waals surface area contributed by atoms with E-state index in [0.29, 0.717) is 27.8 Å². The maximum atomic E-state index is 12.8.